The molecule has 6 nitrogen and oxygen atoms in total. The lowest BCUT2D eigenvalue weighted by Gasteiger charge is -2.44. The van der Waals surface area contributed by atoms with Crippen LogP contribution in [-0.4, -0.2) is 52.0 Å². The Bertz CT molecular complexity index is 509. The molecule has 2 atom stereocenters. The molecule has 0 radical (unpaired) electrons. The minimum absolute atomic E-state index is 0.0310. The number of amides is 1. The van der Waals surface area contributed by atoms with Crippen molar-refractivity contribution in [3.63, 3.8) is 0 Å². The molecule has 2 heterocycles. The number of piperidine rings is 1. The van der Waals surface area contributed by atoms with Gasteiger partial charge in [0.05, 0.1) is 24.8 Å². The first kappa shape index (κ1) is 17.0. The summed E-state index contributed by atoms with van der Waals surface area (Å²) in [6.07, 6.45) is 1.88. The molecule has 1 aromatic heterocycles. The molecule has 6 heteroatoms. The van der Waals surface area contributed by atoms with Crippen LogP contribution in [0.25, 0.3) is 0 Å². The van der Waals surface area contributed by atoms with Crippen LogP contribution in [0.5, 0.6) is 0 Å². The Kier molecular flexibility index (Phi) is 5.24. The molecule has 124 valence electrons. The summed E-state index contributed by atoms with van der Waals surface area (Å²) < 4.78 is 5.08. The highest BCUT2D eigenvalue weighted by Gasteiger charge is 2.42. The number of β-amino-alcohol motifs (C(OH)–C–C–N with tert-alkyl or cyclic N) is 1. The Morgan fingerprint density at radius 2 is 2.23 bits per heavy atom. The zero-order chi connectivity index (χ0) is 16.3. The van der Waals surface area contributed by atoms with E-state index in [2.05, 4.69) is 5.16 Å². The predicted molar refractivity (Wildman–Crippen MR) is 81.3 cm³/mol. The maximum absolute atomic E-state index is 12.5. The summed E-state index contributed by atoms with van der Waals surface area (Å²) in [6, 6.07) is 0. The van der Waals surface area contributed by atoms with Crippen molar-refractivity contribution in [1.29, 1.82) is 0 Å². The number of carbonyl (C=O) groups excluding carboxylic acids is 1. The average Bonchev–Trinajstić information content (AvgIpc) is 2.81. The minimum atomic E-state index is -0.681. The van der Waals surface area contributed by atoms with Crippen LogP contribution in [0.4, 0.5) is 0 Å². The summed E-state index contributed by atoms with van der Waals surface area (Å²) in [5.74, 6) is 0.635. The molecule has 1 fully saturated rings. The van der Waals surface area contributed by atoms with Crippen LogP contribution in [0.15, 0.2) is 4.52 Å². The van der Waals surface area contributed by atoms with E-state index in [0.29, 0.717) is 18.7 Å². The second-order valence-electron chi connectivity index (χ2n) is 6.36. The monoisotopic (exact) mass is 310 g/mol. The van der Waals surface area contributed by atoms with Gasteiger partial charge >= 0.3 is 0 Å². The number of hydrogen-bond donors (Lipinski definition) is 2. The Labute approximate surface area is 131 Å². The first-order valence-corrected chi connectivity index (χ1v) is 7.92. The molecule has 2 N–H and O–H groups in total. The lowest BCUT2D eigenvalue weighted by molar-refractivity contribution is -0.141. The van der Waals surface area contributed by atoms with E-state index >= 15 is 0 Å². The molecule has 22 heavy (non-hydrogen) atoms. The maximum atomic E-state index is 12.5. The Morgan fingerprint density at radius 3 is 2.73 bits per heavy atom. The number of aryl methyl sites for hydroxylation is 2. The molecule has 0 bridgehead atoms. The lowest BCUT2D eigenvalue weighted by Crippen LogP contribution is -2.54. The lowest BCUT2D eigenvalue weighted by atomic mass is 9.73. The van der Waals surface area contributed by atoms with Crippen molar-refractivity contribution in [2.45, 2.75) is 52.6 Å². The molecule has 1 amide bonds. The number of rotatable bonds is 5. The van der Waals surface area contributed by atoms with Crippen molar-refractivity contribution in [2.75, 3.05) is 19.7 Å². The second-order valence-corrected chi connectivity index (χ2v) is 6.36. The predicted octanol–water partition coefficient (Wildman–Crippen LogP) is 1.21. The van der Waals surface area contributed by atoms with Gasteiger partial charge in [0.2, 0.25) is 5.91 Å². The van der Waals surface area contributed by atoms with Gasteiger partial charge < -0.3 is 19.6 Å². The van der Waals surface area contributed by atoms with E-state index in [4.69, 9.17) is 4.52 Å². The van der Waals surface area contributed by atoms with Crippen LogP contribution >= 0.6 is 0 Å². The van der Waals surface area contributed by atoms with E-state index in [1.165, 1.54) is 0 Å². The summed E-state index contributed by atoms with van der Waals surface area (Å²) in [7, 11) is 0. The molecule has 1 aliphatic rings. The number of likely N-dealkylation sites (tertiary alicyclic amines) is 1. The largest absolute Gasteiger partial charge is 0.396 e. The summed E-state index contributed by atoms with van der Waals surface area (Å²) in [4.78, 5) is 14.1. The highest BCUT2D eigenvalue weighted by molar-refractivity contribution is 5.79. The molecule has 1 aromatic rings. The zero-order valence-corrected chi connectivity index (χ0v) is 13.6. The van der Waals surface area contributed by atoms with E-state index in [-0.39, 0.29) is 25.5 Å². The first-order chi connectivity index (χ1) is 10.4. The molecule has 1 saturated heterocycles. The topological polar surface area (TPSA) is 86.8 Å². The van der Waals surface area contributed by atoms with E-state index in [0.717, 1.165) is 24.1 Å². The molecular weight excluding hydrogens is 284 g/mol. The molecule has 0 unspecified atom stereocenters. The molecule has 0 aromatic carbocycles. The van der Waals surface area contributed by atoms with E-state index in [1.54, 1.807) is 11.8 Å². The van der Waals surface area contributed by atoms with E-state index in [9.17, 15) is 15.0 Å². The number of aliphatic hydroxyl groups excluding tert-OH is 2. The normalized spacial score (nSPS) is 25.5. The summed E-state index contributed by atoms with van der Waals surface area (Å²) in [6.45, 7) is 6.48. The van der Waals surface area contributed by atoms with Crippen LogP contribution in [0.3, 0.4) is 0 Å². The second kappa shape index (κ2) is 6.79. The van der Waals surface area contributed by atoms with Crippen molar-refractivity contribution in [1.82, 2.24) is 10.1 Å². The standard InChI is InChI=1S/C16H26N2O4/c1-4-5-16(10-19)6-7-18(9-14(16)20)15(21)8-13-11(2)17-22-12(13)3/h14,19-20H,4-10H2,1-3H3/t14-,16-/m1/s1. The van der Waals surface area contributed by atoms with Crippen LogP contribution in [0, 0.1) is 19.3 Å². The third kappa shape index (κ3) is 3.17. The van der Waals surface area contributed by atoms with Gasteiger partial charge in [0.25, 0.3) is 0 Å². The summed E-state index contributed by atoms with van der Waals surface area (Å²) in [5, 5.41) is 23.9. The smallest absolute Gasteiger partial charge is 0.227 e. The van der Waals surface area contributed by atoms with E-state index in [1.807, 2.05) is 13.8 Å². The summed E-state index contributed by atoms with van der Waals surface area (Å²) >= 11 is 0. The molecule has 2 rings (SSSR count). The average molecular weight is 310 g/mol. The van der Waals surface area contributed by atoms with Crippen LogP contribution < -0.4 is 0 Å². The van der Waals surface area contributed by atoms with Crippen LogP contribution in [0.2, 0.25) is 0 Å². The Balaban J connectivity index is 2.02. The minimum Gasteiger partial charge on any atom is -0.396 e. The van der Waals surface area contributed by atoms with Gasteiger partial charge in [-0.05, 0) is 26.7 Å². The van der Waals surface area contributed by atoms with Crippen molar-refractivity contribution in [3.05, 3.63) is 17.0 Å². The highest BCUT2D eigenvalue weighted by Crippen LogP contribution is 2.36. The third-order valence-corrected chi connectivity index (χ3v) is 4.90. The third-order valence-electron chi connectivity index (χ3n) is 4.90. The van der Waals surface area contributed by atoms with Crippen LogP contribution in [0.1, 0.15) is 43.2 Å². The quantitative estimate of drug-likeness (QED) is 0.853. The molecule has 0 spiro atoms. The highest BCUT2D eigenvalue weighted by atomic mass is 16.5. The van der Waals surface area contributed by atoms with Crippen LogP contribution in [-0.2, 0) is 11.2 Å². The van der Waals surface area contributed by atoms with Gasteiger partial charge in [-0.25, -0.2) is 0 Å². The number of nitrogens with zero attached hydrogens (tertiary/aromatic N) is 2. The number of carbonyl (C=O) groups is 1. The first-order valence-electron chi connectivity index (χ1n) is 7.92. The van der Waals surface area contributed by atoms with Crippen molar-refractivity contribution in [3.8, 4) is 0 Å². The van der Waals surface area contributed by atoms with Crippen molar-refractivity contribution >= 4 is 5.91 Å². The Morgan fingerprint density at radius 1 is 1.50 bits per heavy atom. The maximum Gasteiger partial charge on any atom is 0.227 e. The number of hydrogen-bond acceptors (Lipinski definition) is 5. The fraction of sp³-hybridized carbons (Fsp3) is 0.750. The van der Waals surface area contributed by atoms with Gasteiger partial charge in [-0.1, -0.05) is 18.5 Å². The molecule has 0 aliphatic carbocycles. The van der Waals surface area contributed by atoms with Gasteiger partial charge in [-0.3, -0.25) is 4.79 Å². The molecule has 0 saturated carbocycles. The molecule has 1 aliphatic heterocycles. The van der Waals surface area contributed by atoms with Gasteiger partial charge in [0, 0.05) is 24.1 Å². The van der Waals surface area contributed by atoms with Gasteiger partial charge in [-0.2, -0.15) is 0 Å². The fourth-order valence-electron chi connectivity index (χ4n) is 3.31. The SMILES string of the molecule is CCC[C@]1(CO)CCN(C(=O)Cc2c(C)noc2C)C[C@H]1O. The number of aliphatic hydroxyl groups is 2. The van der Waals surface area contributed by atoms with Crippen molar-refractivity contribution in [2.24, 2.45) is 5.41 Å². The Hall–Kier alpha value is -1.40. The van der Waals surface area contributed by atoms with Crippen molar-refractivity contribution < 1.29 is 19.5 Å². The molecular formula is C16H26N2O4. The fourth-order valence-corrected chi connectivity index (χ4v) is 3.31. The number of aromatic nitrogens is 1. The van der Waals surface area contributed by atoms with E-state index < -0.39 is 11.5 Å². The summed E-state index contributed by atoms with van der Waals surface area (Å²) in [5.41, 5.74) is 1.10. The van der Waals surface area contributed by atoms with Gasteiger partial charge in [0.15, 0.2) is 0 Å². The van der Waals surface area contributed by atoms with Gasteiger partial charge in [-0.15, -0.1) is 0 Å². The zero-order valence-electron chi connectivity index (χ0n) is 13.6. The van der Waals surface area contributed by atoms with Gasteiger partial charge in [0.1, 0.15) is 5.76 Å².